The number of rotatable bonds is 2. The molecule has 0 fully saturated rings. The SMILES string of the molecule is NCc1cccc(CO)c1F. The van der Waals surface area contributed by atoms with Crippen LogP contribution >= 0.6 is 0 Å². The zero-order valence-corrected chi connectivity index (χ0v) is 6.05. The number of hydrogen-bond acceptors (Lipinski definition) is 2. The first-order valence-corrected chi connectivity index (χ1v) is 3.36. The molecule has 0 aliphatic rings. The van der Waals surface area contributed by atoms with Crippen molar-refractivity contribution in [3.63, 3.8) is 0 Å². The maximum atomic E-state index is 13.0. The molecule has 3 N–H and O–H groups in total. The second kappa shape index (κ2) is 3.46. The summed E-state index contributed by atoms with van der Waals surface area (Å²) in [5, 5.41) is 8.66. The van der Waals surface area contributed by atoms with Crippen LogP contribution in [-0.4, -0.2) is 5.11 Å². The highest BCUT2D eigenvalue weighted by Gasteiger charge is 2.03. The number of nitrogens with two attached hydrogens (primary N) is 1. The smallest absolute Gasteiger partial charge is 0.133 e. The second-order valence-corrected chi connectivity index (χ2v) is 2.25. The van der Waals surface area contributed by atoms with Gasteiger partial charge in [-0.1, -0.05) is 18.2 Å². The summed E-state index contributed by atoms with van der Waals surface area (Å²) in [5.74, 6) is -0.391. The van der Waals surface area contributed by atoms with Crippen LogP contribution in [0.25, 0.3) is 0 Å². The van der Waals surface area contributed by atoms with E-state index in [0.29, 0.717) is 11.1 Å². The van der Waals surface area contributed by atoms with Gasteiger partial charge in [0, 0.05) is 17.7 Å². The van der Waals surface area contributed by atoms with Gasteiger partial charge in [0.1, 0.15) is 5.82 Å². The Morgan fingerprint density at radius 3 is 2.55 bits per heavy atom. The van der Waals surface area contributed by atoms with Gasteiger partial charge in [0.05, 0.1) is 6.61 Å². The highest BCUT2D eigenvalue weighted by atomic mass is 19.1. The van der Waals surface area contributed by atoms with E-state index in [0.717, 1.165) is 0 Å². The van der Waals surface area contributed by atoms with Crippen molar-refractivity contribution < 1.29 is 9.50 Å². The van der Waals surface area contributed by atoms with Gasteiger partial charge in [-0.3, -0.25) is 0 Å². The fraction of sp³-hybridized carbons (Fsp3) is 0.250. The lowest BCUT2D eigenvalue weighted by Gasteiger charge is -2.02. The number of benzene rings is 1. The molecule has 0 bridgehead atoms. The summed E-state index contributed by atoms with van der Waals surface area (Å²) in [6.07, 6.45) is 0. The van der Waals surface area contributed by atoms with E-state index in [2.05, 4.69) is 0 Å². The normalized spacial score (nSPS) is 10.1. The van der Waals surface area contributed by atoms with E-state index < -0.39 is 5.82 Å². The van der Waals surface area contributed by atoms with Gasteiger partial charge in [-0.2, -0.15) is 0 Å². The minimum atomic E-state index is -0.391. The van der Waals surface area contributed by atoms with Crippen molar-refractivity contribution in [2.45, 2.75) is 13.2 Å². The minimum absolute atomic E-state index is 0.166. The van der Waals surface area contributed by atoms with Crippen LogP contribution in [0.1, 0.15) is 11.1 Å². The standard InChI is InChI=1S/C8H10FNO/c9-8-6(4-10)2-1-3-7(8)5-11/h1-3,11H,4-5,10H2. The quantitative estimate of drug-likeness (QED) is 0.662. The Morgan fingerprint density at radius 2 is 2.00 bits per heavy atom. The van der Waals surface area contributed by atoms with E-state index in [1.807, 2.05) is 0 Å². The van der Waals surface area contributed by atoms with E-state index in [-0.39, 0.29) is 13.2 Å². The average Bonchev–Trinajstić information content (AvgIpc) is 2.05. The summed E-state index contributed by atoms with van der Waals surface area (Å²) in [6.45, 7) is -0.112. The van der Waals surface area contributed by atoms with E-state index in [1.165, 1.54) is 6.07 Å². The molecule has 0 aliphatic carbocycles. The highest BCUT2D eigenvalue weighted by Crippen LogP contribution is 2.11. The van der Waals surface area contributed by atoms with Crippen LogP contribution < -0.4 is 5.73 Å². The molecule has 1 aromatic rings. The molecule has 2 nitrogen and oxygen atoms in total. The molecule has 0 heterocycles. The minimum Gasteiger partial charge on any atom is -0.392 e. The van der Waals surface area contributed by atoms with Crippen LogP contribution in [0.3, 0.4) is 0 Å². The molecular formula is C8H10FNO. The molecular weight excluding hydrogens is 145 g/mol. The van der Waals surface area contributed by atoms with Crippen molar-refractivity contribution in [1.29, 1.82) is 0 Å². The Kier molecular flexibility index (Phi) is 2.57. The van der Waals surface area contributed by atoms with Crippen molar-refractivity contribution in [2.24, 2.45) is 5.73 Å². The summed E-state index contributed by atoms with van der Waals surface area (Å²) >= 11 is 0. The van der Waals surface area contributed by atoms with Crippen LogP contribution in [0.15, 0.2) is 18.2 Å². The first kappa shape index (κ1) is 8.17. The van der Waals surface area contributed by atoms with Crippen molar-refractivity contribution >= 4 is 0 Å². The molecule has 0 spiro atoms. The van der Waals surface area contributed by atoms with E-state index in [9.17, 15) is 4.39 Å². The second-order valence-electron chi connectivity index (χ2n) is 2.25. The van der Waals surface area contributed by atoms with Gasteiger partial charge >= 0.3 is 0 Å². The largest absolute Gasteiger partial charge is 0.392 e. The Bertz CT molecular complexity index is 228. The summed E-state index contributed by atoms with van der Waals surface area (Å²) in [7, 11) is 0. The third-order valence-electron chi connectivity index (χ3n) is 1.55. The van der Waals surface area contributed by atoms with Gasteiger partial charge in [0.25, 0.3) is 0 Å². The summed E-state index contributed by atoms with van der Waals surface area (Å²) in [4.78, 5) is 0. The van der Waals surface area contributed by atoms with Gasteiger partial charge < -0.3 is 10.8 Å². The molecule has 0 unspecified atom stereocenters. The van der Waals surface area contributed by atoms with Crippen molar-refractivity contribution in [3.8, 4) is 0 Å². The predicted molar refractivity (Wildman–Crippen MR) is 40.2 cm³/mol. The lowest BCUT2D eigenvalue weighted by atomic mass is 10.1. The summed E-state index contributed by atoms with van der Waals surface area (Å²) < 4.78 is 13.0. The molecule has 3 heteroatoms. The van der Waals surface area contributed by atoms with E-state index in [4.69, 9.17) is 10.8 Å². The summed E-state index contributed by atoms with van der Waals surface area (Å²) in [5.41, 5.74) is 5.99. The van der Waals surface area contributed by atoms with Gasteiger partial charge in [-0.15, -0.1) is 0 Å². The molecule has 0 saturated heterocycles. The number of hydrogen-bond donors (Lipinski definition) is 2. The van der Waals surface area contributed by atoms with Crippen LogP contribution in [0, 0.1) is 5.82 Å². The molecule has 0 saturated carbocycles. The third kappa shape index (κ3) is 1.56. The van der Waals surface area contributed by atoms with Crippen molar-refractivity contribution in [3.05, 3.63) is 35.1 Å². The van der Waals surface area contributed by atoms with Gasteiger partial charge in [0.15, 0.2) is 0 Å². The Morgan fingerprint density at radius 1 is 1.36 bits per heavy atom. The fourth-order valence-electron chi connectivity index (χ4n) is 0.913. The zero-order valence-electron chi connectivity index (χ0n) is 6.05. The maximum Gasteiger partial charge on any atom is 0.133 e. The Labute approximate surface area is 64.5 Å². The van der Waals surface area contributed by atoms with Gasteiger partial charge in [-0.25, -0.2) is 4.39 Å². The molecule has 0 amide bonds. The van der Waals surface area contributed by atoms with Crippen molar-refractivity contribution in [1.82, 2.24) is 0 Å². The molecule has 11 heavy (non-hydrogen) atoms. The molecule has 0 radical (unpaired) electrons. The fourth-order valence-corrected chi connectivity index (χ4v) is 0.913. The van der Waals surface area contributed by atoms with Gasteiger partial charge in [0.2, 0.25) is 0 Å². The molecule has 0 aliphatic heterocycles. The maximum absolute atomic E-state index is 13.0. The van der Waals surface area contributed by atoms with Gasteiger partial charge in [-0.05, 0) is 0 Å². The predicted octanol–water partition coefficient (Wildman–Crippen LogP) is 0.777. The summed E-state index contributed by atoms with van der Waals surface area (Å²) in [6, 6.07) is 4.82. The third-order valence-corrected chi connectivity index (χ3v) is 1.55. The van der Waals surface area contributed by atoms with Crippen LogP contribution in [0.2, 0.25) is 0 Å². The molecule has 0 atom stereocenters. The number of aliphatic hydroxyl groups is 1. The van der Waals surface area contributed by atoms with E-state index >= 15 is 0 Å². The Balaban J connectivity index is 3.10. The average molecular weight is 155 g/mol. The highest BCUT2D eigenvalue weighted by molar-refractivity contribution is 5.25. The molecule has 1 rings (SSSR count). The first-order valence-electron chi connectivity index (χ1n) is 3.36. The topological polar surface area (TPSA) is 46.2 Å². The number of aliphatic hydroxyl groups excluding tert-OH is 1. The van der Waals surface area contributed by atoms with Crippen LogP contribution in [0.4, 0.5) is 4.39 Å². The number of halogens is 1. The first-order chi connectivity index (χ1) is 5.29. The van der Waals surface area contributed by atoms with Crippen molar-refractivity contribution in [2.75, 3.05) is 0 Å². The molecule has 1 aromatic carbocycles. The van der Waals surface area contributed by atoms with E-state index in [1.54, 1.807) is 12.1 Å². The lowest BCUT2D eigenvalue weighted by Crippen LogP contribution is -2.02. The Hall–Kier alpha value is -0.930. The monoisotopic (exact) mass is 155 g/mol. The van der Waals surface area contributed by atoms with Crippen LogP contribution in [0.5, 0.6) is 0 Å². The molecule has 60 valence electrons. The lowest BCUT2D eigenvalue weighted by molar-refractivity contribution is 0.275. The molecule has 0 aromatic heterocycles. The zero-order chi connectivity index (χ0) is 8.27. The van der Waals surface area contributed by atoms with Crippen LogP contribution in [-0.2, 0) is 13.2 Å².